The summed E-state index contributed by atoms with van der Waals surface area (Å²) < 4.78 is 1.19. The monoisotopic (exact) mass is 354 g/mol. The molecule has 2 aromatic heterocycles. The minimum absolute atomic E-state index is 0.0859. The van der Waals surface area contributed by atoms with Crippen LogP contribution < -0.4 is 0 Å². The maximum Gasteiger partial charge on any atom is 0.247 e. The second kappa shape index (κ2) is 6.49. The summed E-state index contributed by atoms with van der Waals surface area (Å²) in [6.07, 6.45) is 5.67. The highest BCUT2D eigenvalue weighted by atomic mass is 32.1. The minimum atomic E-state index is 0.0859. The number of nitrogens with zero attached hydrogens (tertiary/aromatic N) is 2. The number of likely N-dealkylation sites (tertiary alicyclic amines) is 1. The quantitative estimate of drug-likeness (QED) is 0.617. The number of aryl methyl sites for hydroxylation is 1. The van der Waals surface area contributed by atoms with Crippen LogP contribution in [-0.2, 0) is 4.79 Å². The number of thiazole rings is 1. The molecule has 0 N–H and O–H groups in total. The summed E-state index contributed by atoms with van der Waals surface area (Å²) in [6.45, 7) is 2.89. The Labute approximate surface area is 149 Å². The first-order chi connectivity index (χ1) is 11.7. The van der Waals surface area contributed by atoms with Gasteiger partial charge in [-0.15, -0.1) is 22.7 Å². The Balaban J connectivity index is 1.55. The Bertz CT molecular complexity index is 876. The van der Waals surface area contributed by atoms with Crippen molar-refractivity contribution in [2.45, 2.75) is 25.8 Å². The van der Waals surface area contributed by atoms with E-state index in [0.29, 0.717) is 0 Å². The molecule has 5 heteroatoms. The Hall–Kier alpha value is -1.98. The van der Waals surface area contributed by atoms with Crippen molar-refractivity contribution < 1.29 is 4.79 Å². The second-order valence-electron chi connectivity index (χ2n) is 5.99. The summed E-state index contributed by atoms with van der Waals surface area (Å²) in [5.74, 6) is 0.0859. The van der Waals surface area contributed by atoms with E-state index in [1.54, 1.807) is 28.7 Å². The van der Waals surface area contributed by atoms with Gasteiger partial charge in [-0.25, -0.2) is 4.98 Å². The fourth-order valence-electron chi connectivity index (χ4n) is 3.11. The molecule has 1 aromatic carbocycles. The van der Waals surface area contributed by atoms with Crippen molar-refractivity contribution in [3.8, 4) is 0 Å². The van der Waals surface area contributed by atoms with Crippen molar-refractivity contribution in [1.82, 2.24) is 9.88 Å². The molecule has 24 heavy (non-hydrogen) atoms. The third-order valence-corrected chi connectivity index (χ3v) is 6.39. The maximum absolute atomic E-state index is 12.6. The molecule has 0 saturated carbocycles. The molecule has 3 nitrogen and oxygen atoms in total. The van der Waals surface area contributed by atoms with Crippen LogP contribution in [0.4, 0.5) is 0 Å². The van der Waals surface area contributed by atoms with Gasteiger partial charge in [0, 0.05) is 22.4 Å². The highest BCUT2D eigenvalue weighted by Crippen LogP contribution is 2.36. The first kappa shape index (κ1) is 15.5. The van der Waals surface area contributed by atoms with E-state index in [9.17, 15) is 4.79 Å². The number of carbonyl (C=O) groups excluding carboxylic acids is 1. The van der Waals surface area contributed by atoms with Crippen LogP contribution >= 0.6 is 22.7 Å². The lowest BCUT2D eigenvalue weighted by molar-refractivity contribution is -0.126. The van der Waals surface area contributed by atoms with E-state index in [4.69, 9.17) is 4.98 Å². The van der Waals surface area contributed by atoms with Gasteiger partial charge in [0.1, 0.15) is 5.01 Å². The molecule has 1 fully saturated rings. The van der Waals surface area contributed by atoms with Crippen molar-refractivity contribution in [3.63, 3.8) is 0 Å². The molecule has 0 spiro atoms. The van der Waals surface area contributed by atoms with Crippen LogP contribution in [0.1, 0.15) is 33.6 Å². The predicted molar refractivity (Wildman–Crippen MR) is 101 cm³/mol. The average molecular weight is 354 g/mol. The van der Waals surface area contributed by atoms with Gasteiger partial charge in [-0.2, -0.15) is 0 Å². The van der Waals surface area contributed by atoms with Gasteiger partial charge in [0.25, 0.3) is 0 Å². The Morgan fingerprint density at radius 1 is 1.25 bits per heavy atom. The van der Waals surface area contributed by atoms with Gasteiger partial charge in [0.15, 0.2) is 0 Å². The molecule has 4 rings (SSSR count). The van der Waals surface area contributed by atoms with Crippen molar-refractivity contribution >= 4 is 44.9 Å². The molecule has 0 radical (unpaired) electrons. The third kappa shape index (κ3) is 3.01. The molecule has 3 heterocycles. The molecule has 1 amide bonds. The smallest absolute Gasteiger partial charge is 0.247 e. The minimum Gasteiger partial charge on any atom is -0.330 e. The van der Waals surface area contributed by atoms with E-state index in [2.05, 4.69) is 25.1 Å². The number of rotatable bonds is 3. The lowest BCUT2D eigenvalue weighted by Gasteiger charge is -2.21. The molecule has 0 aliphatic carbocycles. The fourth-order valence-corrected chi connectivity index (χ4v) is 5.01. The van der Waals surface area contributed by atoms with E-state index in [0.717, 1.165) is 34.8 Å². The van der Waals surface area contributed by atoms with Gasteiger partial charge in [-0.1, -0.05) is 12.1 Å². The highest BCUT2D eigenvalue weighted by Gasteiger charge is 2.31. The van der Waals surface area contributed by atoms with Crippen LogP contribution in [0.2, 0.25) is 0 Å². The summed E-state index contributed by atoms with van der Waals surface area (Å²) in [6, 6.07) is 12.4. The number of hydrogen-bond donors (Lipinski definition) is 0. The average Bonchev–Trinajstić information content (AvgIpc) is 3.30. The van der Waals surface area contributed by atoms with E-state index in [1.165, 1.54) is 9.58 Å². The van der Waals surface area contributed by atoms with Crippen molar-refractivity contribution in [2.75, 3.05) is 6.54 Å². The third-order valence-electron chi connectivity index (χ3n) is 4.28. The molecule has 0 bridgehead atoms. The summed E-state index contributed by atoms with van der Waals surface area (Å²) in [4.78, 5) is 21.7. The molecule has 1 unspecified atom stereocenters. The summed E-state index contributed by atoms with van der Waals surface area (Å²) in [5.41, 5.74) is 1.03. The fraction of sp³-hybridized carbons (Fsp3) is 0.263. The topological polar surface area (TPSA) is 33.2 Å². The van der Waals surface area contributed by atoms with Crippen LogP contribution in [-0.4, -0.2) is 22.3 Å². The van der Waals surface area contributed by atoms with E-state index < -0.39 is 0 Å². The van der Waals surface area contributed by atoms with E-state index in [1.807, 2.05) is 29.2 Å². The largest absolute Gasteiger partial charge is 0.330 e. The number of thiophene rings is 1. The normalized spacial score (nSPS) is 18.0. The summed E-state index contributed by atoms with van der Waals surface area (Å²) in [5, 5.41) is 1.06. The van der Waals surface area contributed by atoms with Crippen LogP contribution in [0.5, 0.6) is 0 Å². The van der Waals surface area contributed by atoms with E-state index in [-0.39, 0.29) is 11.9 Å². The number of aromatic nitrogens is 1. The molecular weight excluding hydrogens is 336 g/mol. The van der Waals surface area contributed by atoms with Crippen molar-refractivity contribution in [1.29, 1.82) is 0 Å². The van der Waals surface area contributed by atoms with Gasteiger partial charge in [0.05, 0.1) is 16.3 Å². The van der Waals surface area contributed by atoms with Crippen LogP contribution in [0.25, 0.3) is 16.3 Å². The van der Waals surface area contributed by atoms with Crippen LogP contribution in [0.15, 0.2) is 42.5 Å². The summed E-state index contributed by atoms with van der Waals surface area (Å²) in [7, 11) is 0. The van der Waals surface area contributed by atoms with Gasteiger partial charge < -0.3 is 4.90 Å². The number of benzene rings is 1. The van der Waals surface area contributed by atoms with Crippen molar-refractivity contribution in [2.24, 2.45) is 0 Å². The SMILES string of the molecule is Cc1ccc(/C=C/C(=O)N2CCCC2c2nc3ccccc3s2)s1. The lowest BCUT2D eigenvalue weighted by Crippen LogP contribution is -2.28. The zero-order valence-corrected chi connectivity index (χ0v) is 15.1. The predicted octanol–water partition coefficient (Wildman–Crippen LogP) is 5.04. The van der Waals surface area contributed by atoms with Gasteiger partial charge in [-0.05, 0) is 50.1 Å². The molecule has 3 aromatic rings. The zero-order chi connectivity index (χ0) is 16.5. The van der Waals surface area contributed by atoms with Crippen LogP contribution in [0.3, 0.4) is 0 Å². The van der Waals surface area contributed by atoms with Gasteiger partial charge >= 0.3 is 0 Å². The first-order valence-corrected chi connectivity index (χ1v) is 9.74. The lowest BCUT2D eigenvalue weighted by atomic mass is 10.2. The van der Waals surface area contributed by atoms with E-state index >= 15 is 0 Å². The van der Waals surface area contributed by atoms with Crippen molar-refractivity contribution in [3.05, 3.63) is 57.2 Å². The Kier molecular flexibility index (Phi) is 4.21. The number of hydrogen-bond acceptors (Lipinski definition) is 4. The Morgan fingerprint density at radius 2 is 2.12 bits per heavy atom. The molecule has 122 valence electrons. The molecule has 1 aliphatic rings. The van der Waals surface area contributed by atoms with Gasteiger partial charge in [0.2, 0.25) is 5.91 Å². The molecule has 1 atom stereocenters. The first-order valence-electron chi connectivity index (χ1n) is 8.11. The second-order valence-corrected chi connectivity index (χ2v) is 8.37. The highest BCUT2D eigenvalue weighted by molar-refractivity contribution is 7.18. The molecular formula is C19H18N2OS2. The number of amides is 1. The zero-order valence-electron chi connectivity index (χ0n) is 13.4. The number of carbonyl (C=O) groups is 1. The maximum atomic E-state index is 12.6. The van der Waals surface area contributed by atoms with Crippen LogP contribution in [0, 0.1) is 6.92 Å². The van der Waals surface area contributed by atoms with Gasteiger partial charge in [-0.3, -0.25) is 4.79 Å². The standard InChI is InChI=1S/C19H18N2OS2/c1-13-8-9-14(23-13)10-11-18(22)21-12-4-6-16(21)19-20-15-5-2-3-7-17(15)24-19/h2-3,5,7-11,16H,4,6,12H2,1H3/b11-10+. The number of para-hydroxylation sites is 1. The summed E-state index contributed by atoms with van der Waals surface area (Å²) >= 11 is 3.41. The number of fused-ring (bicyclic) bond motifs is 1. The Morgan fingerprint density at radius 3 is 2.92 bits per heavy atom. The molecule has 1 aliphatic heterocycles. The molecule has 1 saturated heterocycles.